The van der Waals surface area contributed by atoms with Crippen LogP contribution in [0.2, 0.25) is 0 Å². The van der Waals surface area contributed by atoms with E-state index in [1.807, 2.05) is 24.3 Å². The van der Waals surface area contributed by atoms with Gasteiger partial charge in [0.15, 0.2) is 0 Å². The van der Waals surface area contributed by atoms with Crippen molar-refractivity contribution in [2.75, 3.05) is 18.4 Å². The summed E-state index contributed by atoms with van der Waals surface area (Å²) in [6.07, 6.45) is 2.14. The van der Waals surface area contributed by atoms with Gasteiger partial charge in [-0.05, 0) is 42.7 Å². The number of nitrogens with zero attached hydrogens (tertiary/aromatic N) is 2. The predicted molar refractivity (Wildman–Crippen MR) is 122 cm³/mol. The largest absolute Gasteiger partial charge is 0.352 e. The number of carbonyl (C=O) groups excluding carboxylic acids is 2. The molecule has 2 aromatic carbocycles. The zero-order valence-electron chi connectivity index (χ0n) is 17.6. The van der Waals surface area contributed by atoms with Crippen LogP contribution in [0, 0.1) is 0 Å². The first kappa shape index (κ1) is 21.4. The average Bonchev–Trinajstić information content (AvgIpc) is 3.33. The third kappa shape index (κ3) is 4.88. The van der Waals surface area contributed by atoms with Crippen molar-refractivity contribution >= 4 is 28.5 Å². The summed E-state index contributed by atoms with van der Waals surface area (Å²) in [6.45, 7) is 1.99. The number of fused-ring (bicyclic) bond motifs is 1. The number of hydrogen-bond acceptors (Lipinski definition) is 4. The third-order valence-electron chi connectivity index (χ3n) is 5.53. The van der Waals surface area contributed by atoms with Crippen molar-refractivity contribution in [2.45, 2.75) is 32.4 Å². The molecule has 166 valence electrons. The molecule has 0 atom stereocenters. The number of amides is 3. The van der Waals surface area contributed by atoms with E-state index in [0.717, 1.165) is 31.5 Å². The second-order valence-corrected chi connectivity index (χ2v) is 7.78. The maximum atomic E-state index is 12.4. The normalized spacial score (nSPS) is 13.3. The fourth-order valence-electron chi connectivity index (χ4n) is 3.85. The van der Waals surface area contributed by atoms with Crippen molar-refractivity contribution in [1.82, 2.24) is 19.8 Å². The SMILES string of the molecule is O=C(CCn1c(=O)[nH]c(=O)c2ccccc21)NCc1cccc(NC(=O)N2CCCC2)c1. The van der Waals surface area contributed by atoms with Crippen LogP contribution in [-0.2, 0) is 17.9 Å². The van der Waals surface area contributed by atoms with Gasteiger partial charge in [-0.25, -0.2) is 9.59 Å². The van der Waals surface area contributed by atoms with E-state index in [2.05, 4.69) is 15.6 Å². The fourth-order valence-corrected chi connectivity index (χ4v) is 3.85. The summed E-state index contributed by atoms with van der Waals surface area (Å²) < 4.78 is 1.39. The Morgan fingerprint density at radius 1 is 1.00 bits per heavy atom. The van der Waals surface area contributed by atoms with E-state index in [-0.39, 0.29) is 24.9 Å². The number of nitrogens with one attached hydrogen (secondary N) is 3. The Balaban J connectivity index is 1.34. The molecule has 4 rings (SSSR count). The van der Waals surface area contributed by atoms with E-state index in [1.165, 1.54) is 4.57 Å². The molecule has 32 heavy (non-hydrogen) atoms. The van der Waals surface area contributed by atoms with Crippen molar-refractivity contribution in [2.24, 2.45) is 0 Å². The zero-order valence-corrected chi connectivity index (χ0v) is 17.6. The highest BCUT2D eigenvalue weighted by Crippen LogP contribution is 2.14. The van der Waals surface area contributed by atoms with Crippen LogP contribution in [0.3, 0.4) is 0 Å². The van der Waals surface area contributed by atoms with Gasteiger partial charge >= 0.3 is 11.7 Å². The van der Waals surface area contributed by atoms with Crippen LogP contribution in [0.1, 0.15) is 24.8 Å². The molecular weight excluding hydrogens is 410 g/mol. The molecular formula is C23H25N5O4. The lowest BCUT2D eigenvalue weighted by Crippen LogP contribution is -2.32. The van der Waals surface area contributed by atoms with Gasteiger partial charge in [-0.2, -0.15) is 0 Å². The van der Waals surface area contributed by atoms with Gasteiger partial charge in [0.05, 0.1) is 10.9 Å². The monoisotopic (exact) mass is 435 g/mol. The van der Waals surface area contributed by atoms with Gasteiger partial charge in [-0.15, -0.1) is 0 Å². The predicted octanol–water partition coefficient (Wildman–Crippen LogP) is 2.02. The van der Waals surface area contributed by atoms with Crippen molar-refractivity contribution in [3.05, 3.63) is 74.9 Å². The van der Waals surface area contributed by atoms with E-state index in [1.54, 1.807) is 29.2 Å². The van der Waals surface area contributed by atoms with Crippen LogP contribution in [0.25, 0.3) is 10.9 Å². The Morgan fingerprint density at radius 2 is 1.78 bits per heavy atom. The second kappa shape index (κ2) is 9.51. The van der Waals surface area contributed by atoms with Crippen molar-refractivity contribution in [1.29, 1.82) is 0 Å². The molecule has 1 fully saturated rings. The van der Waals surface area contributed by atoms with Crippen LogP contribution < -0.4 is 21.9 Å². The van der Waals surface area contributed by atoms with E-state index >= 15 is 0 Å². The van der Waals surface area contributed by atoms with Gasteiger partial charge < -0.3 is 15.5 Å². The molecule has 9 heteroatoms. The minimum atomic E-state index is -0.539. The summed E-state index contributed by atoms with van der Waals surface area (Å²) in [5, 5.41) is 6.13. The van der Waals surface area contributed by atoms with Gasteiger partial charge in [-0.3, -0.25) is 19.1 Å². The van der Waals surface area contributed by atoms with E-state index in [0.29, 0.717) is 23.1 Å². The Morgan fingerprint density at radius 3 is 2.59 bits per heavy atom. The summed E-state index contributed by atoms with van der Waals surface area (Å²) in [6, 6.07) is 14.0. The first-order valence-electron chi connectivity index (χ1n) is 10.6. The molecule has 0 spiro atoms. The van der Waals surface area contributed by atoms with Gasteiger partial charge in [0, 0.05) is 38.3 Å². The molecule has 0 aliphatic carbocycles. The highest BCUT2D eigenvalue weighted by molar-refractivity contribution is 5.89. The highest BCUT2D eigenvalue weighted by atomic mass is 16.2. The number of anilines is 1. The van der Waals surface area contributed by atoms with Gasteiger partial charge in [0.1, 0.15) is 0 Å². The number of aromatic amines is 1. The van der Waals surface area contributed by atoms with E-state index < -0.39 is 11.2 Å². The molecule has 0 bridgehead atoms. The lowest BCUT2D eigenvalue weighted by atomic mass is 10.2. The second-order valence-electron chi connectivity index (χ2n) is 7.78. The van der Waals surface area contributed by atoms with Crippen LogP contribution in [0.5, 0.6) is 0 Å². The molecule has 0 unspecified atom stereocenters. The number of rotatable bonds is 6. The molecule has 3 aromatic rings. The summed E-state index contributed by atoms with van der Waals surface area (Å²) in [4.78, 5) is 52.8. The molecule has 0 radical (unpaired) electrons. The fraction of sp³-hybridized carbons (Fsp3) is 0.304. The first-order valence-corrected chi connectivity index (χ1v) is 10.6. The maximum Gasteiger partial charge on any atom is 0.328 e. The molecule has 3 amide bonds. The number of carbonyl (C=O) groups is 2. The molecule has 1 aliphatic heterocycles. The van der Waals surface area contributed by atoms with Crippen LogP contribution in [-0.4, -0.2) is 39.5 Å². The molecule has 0 saturated carbocycles. The Kier molecular flexibility index (Phi) is 6.34. The van der Waals surface area contributed by atoms with Gasteiger partial charge in [0.2, 0.25) is 5.91 Å². The number of urea groups is 1. The molecule has 1 saturated heterocycles. The lowest BCUT2D eigenvalue weighted by molar-refractivity contribution is -0.121. The summed E-state index contributed by atoms with van der Waals surface area (Å²) in [5.74, 6) is -0.223. The average molecular weight is 435 g/mol. The lowest BCUT2D eigenvalue weighted by Gasteiger charge is -2.16. The van der Waals surface area contributed by atoms with Crippen molar-refractivity contribution in [3.8, 4) is 0 Å². The van der Waals surface area contributed by atoms with E-state index in [4.69, 9.17) is 0 Å². The maximum absolute atomic E-state index is 12.4. The molecule has 3 N–H and O–H groups in total. The number of H-pyrrole nitrogens is 1. The number of likely N-dealkylation sites (tertiary alicyclic amines) is 1. The van der Waals surface area contributed by atoms with Crippen LogP contribution >= 0.6 is 0 Å². The molecule has 1 aromatic heterocycles. The third-order valence-corrected chi connectivity index (χ3v) is 5.53. The van der Waals surface area contributed by atoms with E-state index in [9.17, 15) is 19.2 Å². The minimum Gasteiger partial charge on any atom is -0.352 e. The summed E-state index contributed by atoms with van der Waals surface area (Å²) >= 11 is 0. The first-order chi connectivity index (χ1) is 15.5. The van der Waals surface area contributed by atoms with Crippen LogP contribution in [0.15, 0.2) is 58.1 Å². The smallest absolute Gasteiger partial charge is 0.328 e. The summed E-state index contributed by atoms with van der Waals surface area (Å²) in [7, 11) is 0. The Labute approximate surface area is 184 Å². The van der Waals surface area contributed by atoms with Crippen LogP contribution in [0.4, 0.5) is 10.5 Å². The van der Waals surface area contributed by atoms with Gasteiger partial charge in [-0.1, -0.05) is 24.3 Å². The molecule has 2 heterocycles. The standard InChI is InChI=1S/C23H25N5O4/c29-20(10-13-28-19-9-2-1-8-18(19)21(30)26-23(28)32)24-15-16-6-5-7-17(14-16)25-22(31)27-11-3-4-12-27/h1-2,5-9,14H,3-4,10-13,15H2,(H,24,29)(H,25,31)(H,26,30,32). The summed E-state index contributed by atoms with van der Waals surface area (Å²) in [5.41, 5.74) is 1.05. The quantitative estimate of drug-likeness (QED) is 0.549. The number of aryl methyl sites for hydroxylation is 1. The molecule has 9 nitrogen and oxygen atoms in total. The molecule has 1 aliphatic rings. The number of para-hydroxylation sites is 1. The minimum absolute atomic E-state index is 0.0847. The van der Waals surface area contributed by atoms with Gasteiger partial charge in [0.25, 0.3) is 5.56 Å². The highest BCUT2D eigenvalue weighted by Gasteiger charge is 2.17. The Bertz CT molecular complexity index is 1260. The topological polar surface area (TPSA) is 116 Å². The number of benzene rings is 2. The van der Waals surface area contributed by atoms with Crippen molar-refractivity contribution < 1.29 is 9.59 Å². The number of hydrogen-bond donors (Lipinski definition) is 3. The van der Waals surface area contributed by atoms with Crippen molar-refractivity contribution in [3.63, 3.8) is 0 Å². The zero-order chi connectivity index (χ0) is 22.5. The Hall–Kier alpha value is -3.88. The number of aromatic nitrogens is 2.